The minimum Gasteiger partial charge on any atom is -0.496 e. The Morgan fingerprint density at radius 3 is 2.45 bits per heavy atom. The van der Waals surface area contributed by atoms with E-state index in [1.807, 2.05) is 24.3 Å². The minimum absolute atomic E-state index is 0.128. The predicted octanol–water partition coefficient (Wildman–Crippen LogP) is 4.67. The average molecular weight is 407 g/mol. The summed E-state index contributed by atoms with van der Waals surface area (Å²) in [6.45, 7) is 2.03. The molecule has 0 saturated carbocycles. The van der Waals surface area contributed by atoms with Crippen LogP contribution in [0.4, 0.5) is 23.7 Å². The quantitative estimate of drug-likeness (QED) is 0.732. The van der Waals surface area contributed by atoms with Crippen LogP contribution >= 0.6 is 0 Å². The van der Waals surface area contributed by atoms with Crippen molar-refractivity contribution in [2.45, 2.75) is 25.1 Å². The molecule has 1 saturated heterocycles. The van der Waals surface area contributed by atoms with Gasteiger partial charge >= 0.3 is 12.2 Å². The SMILES string of the molecule is COc1ccccc1C(CNC(=O)Nc1ccccc1C(F)(F)F)N1CCCC1. The second-order valence-corrected chi connectivity index (χ2v) is 6.88. The van der Waals surface area contributed by atoms with E-state index in [-0.39, 0.29) is 18.3 Å². The molecule has 156 valence electrons. The number of halogens is 3. The van der Waals surface area contributed by atoms with Crippen molar-refractivity contribution < 1.29 is 22.7 Å². The molecule has 1 aliphatic heterocycles. The van der Waals surface area contributed by atoms with Gasteiger partial charge in [-0.1, -0.05) is 30.3 Å². The van der Waals surface area contributed by atoms with Gasteiger partial charge in [0.15, 0.2) is 0 Å². The standard InChI is InChI=1S/C21H24F3N3O2/c1-29-19-11-5-2-8-15(19)18(27-12-6-7-13-27)14-25-20(28)26-17-10-4-3-9-16(17)21(22,23)24/h2-5,8-11,18H,6-7,12-14H2,1H3,(H2,25,26,28). The number of para-hydroxylation sites is 2. The first kappa shape index (κ1) is 21.0. The lowest BCUT2D eigenvalue weighted by Gasteiger charge is -2.29. The van der Waals surface area contributed by atoms with Gasteiger partial charge < -0.3 is 15.4 Å². The first-order valence-electron chi connectivity index (χ1n) is 9.48. The highest BCUT2D eigenvalue weighted by Gasteiger charge is 2.33. The highest BCUT2D eigenvalue weighted by atomic mass is 19.4. The second-order valence-electron chi connectivity index (χ2n) is 6.88. The van der Waals surface area contributed by atoms with E-state index in [9.17, 15) is 18.0 Å². The van der Waals surface area contributed by atoms with Crippen LogP contribution in [0.5, 0.6) is 5.75 Å². The third kappa shape index (κ3) is 5.20. The van der Waals surface area contributed by atoms with E-state index in [1.165, 1.54) is 18.2 Å². The Morgan fingerprint density at radius 2 is 1.76 bits per heavy atom. The number of nitrogens with zero attached hydrogens (tertiary/aromatic N) is 1. The van der Waals surface area contributed by atoms with Crippen LogP contribution in [0.25, 0.3) is 0 Å². The van der Waals surface area contributed by atoms with Crippen LogP contribution in [0, 0.1) is 0 Å². The van der Waals surface area contributed by atoms with Gasteiger partial charge in [0.05, 0.1) is 24.4 Å². The number of methoxy groups -OCH3 is 1. The van der Waals surface area contributed by atoms with Gasteiger partial charge in [-0.05, 0) is 44.1 Å². The van der Waals surface area contributed by atoms with Crippen molar-refractivity contribution in [1.29, 1.82) is 0 Å². The van der Waals surface area contributed by atoms with Gasteiger partial charge in [0.1, 0.15) is 5.75 Å². The highest BCUT2D eigenvalue weighted by Crippen LogP contribution is 2.35. The molecule has 1 fully saturated rings. The Kier molecular flexibility index (Phi) is 6.64. The maximum atomic E-state index is 13.1. The van der Waals surface area contributed by atoms with Crippen LogP contribution in [0.15, 0.2) is 48.5 Å². The summed E-state index contributed by atoms with van der Waals surface area (Å²) in [6, 6.07) is 11.7. The number of hydrogen-bond acceptors (Lipinski definition) is 3. The topological polar surface area (TPSA) is 53.6 Å². The Hall–Kier alpha value is -2.74. The molecule has 0 bridgehead atoms. The van der Waals surface area contributed by atoms with E-state index in [0.29, 0.717) is 5.75 Å². The molecule has 29 heavy (non-hydrogen) atoms. The van der Waals surface area contributed by atoms with Gasteiger partial charge in [-0.2, -0.15) is 13.2 Å². The Bertz CT molecular complexity index is 836. The van der Waals surface area contributed by atoms with E-state index >= 15 is 0 Å². The van der Waals surface area contributed by atoms with E-state index in [0.717, 1.165) is 37.6 Å². The number of rotatable bonds is 6. The first-order chi connectivity index (χ1) is 13.9. The van der Waals surface area contributed by atoms with Crippen LogP contribution in [0.3, 0.4) is 0 Å². The molecule has 0 spiro atoms. The number of anilines is 1. The maximum Gasteiger partial charge on any atom is 0.418 e. The summed E-state index contributed by atoms with van der Waals surface area (Å²) < 4.78 is 44.9. The number of benzene rings is 2. The average Bonchev–Trinajstić information content (AvgIpc) is 3.22. The molecule has 2 aromatic rings. The molecule has 5 nitrogen and oxygen atoms in total. The number of nitrogens with one attached hydrogen (secondary N) is 2. The molecule has 1 aliphatic rings. The lowest BCUT2D eigenvalue weighted by molar-refractivity contribution is -0.136. The fourth-order valence-corrected chi connectivity index (χ4v) is 3.63. The van der Waals surface area contributed by atoms with Gasteiger partial charge in [0.25, 0.3) is 0 Å². The fourth-order valence-electron chi connectivity index (χ4n) is 3.63. The zero-order valence-electron chi connectivity index (χ0n) is 16.1. The van der Waals surface area contributed by atoms with Crippen LogP contribution in [-0.4, -0.2) is 37.7 Å². The summed E-state index contributed by atoms with van der Waals surface area (Å²) in [5, 5.41) is 5.05. The molecule has 1 atom stereocenters. The number of carbonyl (C=O) groups is 1. The smallest absolute Gasteiger partial charge is 0.418 e. The number of ether oxygens (including phenoxy) is 1. The number of alkyl halides is 3. The number of carbonyl (C=O) groups excluding carboxylic acids is 1. The Morgan fingerprint density at radius 1 is 1.10 bits per heavy atom. The van der Waals surface area contributed by atoms with E-state index in [2.05, 4.69) is 15.5 Å². The molecule has 2 N–H and O–H groups in total. The van der Waals surface area contributed by atoms with Crippen molar-refractivity contribution in [3.63, 3.8) is 0 Å². The van der Waals surface area contributed by atoms with E-state index < -0.39 is 17.8 Å². The molecule has 2 amide bonds. The molecule has 3 rings (SSSR count). The normalized spacial score (nSPS) is 15.7. The summed E-state index contributed by atoms with van der Waals surface area (Å²) in [4.78, 5) is 14.6. The van der Waals surface area contributed by atoms with Crippen LogP contribution in [-0.2, 0) is 6.18 Å². The predicted molar refractivity (Wildman–Crippen MR) is 105 cm³/mol. The fraction of sp³-hybridized carbons (Fsp3) is 0.381. The van der Waals surface area contributed by atoms with Crippen molar-refractivity contribution in [2.75, 3.05) is 32.1 Å². The zero-order chi connectivity index (χ0) is 20.9. The summed E-state index contributed by atoms with van der Waals surface area (Å²) >= 11 is 0. The number of urea groups is 1. The highest BCUT2D eigenvalue weighted by molar-refractivity contribution is 5.90. The second kappa shape index (κ2) is 9.17. The zero-order valence-corrected chi connectivity index (χ0v) is 16.1. The van der Waals surface area contributed by atoms with E-state index in [1.54, 1.807) is 7.11 Å². The maximum absolute atomic E-state index is 13.1. The largest absolute Gasteiger partial charge is 0.496 e. The summed E-state index contributed by atoms with van der Waals surface area (Å²) in [6.07, 6.45) is -2.41. The molecule has 0 radical (unpaired) electrons. The molecule has 1 unspecified atom stereocenters. The van der Waals surface area contributed by atoms with Crippen molar-refractivity contribution in [3.8, 4) is 5.75 Å². The lowest BCUT2D eigenvalue weighted by atomic mass is 10.0. The third-order valence-corrected chi connectivity index (χ3v) is 5.02. The molecule has 2 aromatic carbocycles. The Labute approximate surface area is 167 Å². The number of amides is 2. The van der Waals surface area contributed by atoms with Crippen molar-refractivity contribution in [1.82, 2.24) is 10.2 Å². The lowest BCUT2D eigenvalue weighted by Crippen LogP contribution is -2.39. The van der Waals surface area contributed by atoms with Gasteiger partial charge in [-0.3, -0.25) is 4.90 Å². The molecular formula is C21H24F3N3O2. The summed E-state index contributed by atoms with van der Waals surface area (Å²) in [5.41, 5.74) is -0.212. The Balaban J connectivity index is 1.72. The molecular weight excluding hydrogens is 383 g/mol. The van der Waals surface area contributed by atoms with Crippen LogP contribution < -0.4 is 15.4 Å². The van der Waals surface area contributed by atoms with Gasteiger partial charge in [0.2, 0.25) is 0 Å². The molecule has 0 aliphatic carbocycles. The van der Waals surface area contributed by atoms with Gasteiger partial charge in [-0.15, -0.1) is 0 Å². The van der Waals surface area contributed by atoms with Crippen molar-refractivity contribution >= 4 is 11.7 Å². The summed E-state index contributed by atoms with van der Waals surface area (Å²) in [5.74, 6) is 0.717. The van der Waals surface area contributed by atoms with Crippen molar-refractivity contribution in [2.24, 2.45) is 0 Å². The van der Waals surface area contributed by atoms with Crippen LogP contribution in [0.1, 0.15) is 30.0 Å². The number of likely N-dealkylation sites (tertiary alicyclic amines) is 1. The van der Waals surface area contributed by atoms with Gasteiger partial charge in [0, 0.05) is 12.1 Å². The first-order valence-corrected chi connectivity index (χ1v) is 9.48. The monoisotopic (exact) mass is 407 g/mol. The van der Waals surface area contributed by atoms with E-state index in [4.69, 9.17) is 4.74 Å². The van der Waals surface area contributed by atoms with Crippen molar-refractivity contribution in [3.05, 3.63) is 59.7 Å². The summed E-state index contributed by atoms with van der Waals surface area (Å²) in [7, 11) is 1.59. The molecule has 8 heteroatoms. The molecule has 0 aromatic heterocycles. The van der Waals surface area contributed by atoms with Crippen LogP contribution in [0.2, 0.25) is 0 Å². The molecule has 1 heterocycles. The third-order valence-electron chi connectivity index (χ3n) is 5.02. The number of hydrogen-bond donors (Lipinski definition) is 2. The minimum atomic E-state index is -4.54. The van der Waals surface area contributed by atoms with Gasteiger partial charge in [-0.25, -0.2) is 4.79 Å².